The van der Waals surface area contributed by atoms with Crippen molar-refractivity contribution in [1.29, 1.82) is 0 Å². The van der Waals surface area contributed by atoms with Crippen molar-refractivity contribution in [2.45, 2.75) is 19.3 Å². The molecule has 0 saturated carbocycles. The van der Waals surface area contributed by atoms with Crippen LogP contribution in [0, 0.1) is 0 Å². The fourth-order valence-corrected chi connectivity index (χ4v) is 5.58. The van der Waals surface area contributed by atoms with Gasteiger partial charge in [0.2, 0.25) is 5.52 Å². The fraction of sp³-hybridized carbons (Fsp3) is 0.417. The van der Waals surface area contributed by atoms with Gasteiger partial charge in [-0.05, 0) is 25.0 Å². The first-order chi connectivity index (χ1) is 8.04. The van der Waals surface area contributed by atoms with Crippen LogP contribution in [0.25, 0.3) is 0 Å². The first-order valence-electron chi connectivity index (χ1n) is 5.61. The van der Waals surface area contributed by atoms with Crippen LogP contribution in [-0.4, -0.2) is 17.8 Å². The maximum atomic E-state index is 12.6. The van der Waals surface area contributed by atoms with Gasteiger partial charge in [0.25, 0.3) is 0 Å². The lowest BCUT2D eigenvalue weighted by Gasteiger charge is -2.22. The Morgan fingerprint density at radius 2 is 1.59 bits per heavy atom. The molecule has 0 amide bonds. The Hall–Kier alpha value is -0.300. The number of hydrogen-bond acceptors (Lipinski definition) is 2. The van der Waals surface area contributed by atoms with E-state index in [4.69, 9.17) is 23.2 Å². The van der Waals surface area contributed by atoms with E-state index in [2.05, 4.69) is 0 Å². The molecule has 0 N–H and O–H groups in total. The molecule has 5 heteroatoms. The molecule has 2 rings (SSSR count). The highest BCUT2D eigenvalue weighted by atomic mass is 35.5. The maximum absolute atomic E-state index is 12.6. The van der Waals surface area contributed by atoms with Crippen molar-refractivity contribution < 1.29 is 9.36 Å². The van der Waals surface area contributed by atoms with Crippen LogP contribution in [0.4, 0.5) is 0 Å². The molecular weight excluding hydrogens is 278 g/mol. The molecule has 1 fully saturated rings. The molecule has 0 radical (unpaired) electrons. The molecule has 1 aromatic carbocycles. The predicted molar refractivity (Wildman–Crippen MR) is 72.0 cm³/mol. The lowest BCUT2D eigenvalue weighted by Crippen LogP contribution is -2.12. The fourth-order valence-electron chi connectivity index (χ4n) is 2.13. The molecule has 1 aliphatic rings. The Morgan fingerprint density at radius 1 is 1.06 bits per heavy atom. The average Bonchev–Trinajstić information content (AvgIpc) is 2.29. The van der Waals surface area contributed by atoms with Gasteiger partial charge in [-0.15, -0.1) is 0 Å². The largest absolute Gasteiger partial charge is 0.315 e. The van der Waals surface area contributed by atoms with Gasteiger partial charge in [0, 0.05) is 12.3 Å². The summed E-state index contributed by atoms with van der Waals surface area (Å²) in [5, 5.41) is 0.589. The van der Waals surface area contributed by atoms with Gasteiger partial charge in [0.15, 0.2) is 7.14 Å². The third-order valence-electron chi connectivity index (χ3n) is 3.09. The van der Waals surface area contributed by atoms with Crippen LogP contribution < -0.4 is 0 Å². The van der Waals surface area contributed by atoms with Crippen LogP contribution in [0.5, 0.6) is 0 Å². The molecule has 0 aliphatic carbocycles. The van der Waals surface area contributed by atoms with Crippen molar-refractivity contribution in [3.8, 4) is 0 Å². The van der Waals surface area contributed by atoms with Gasteiger partial charge >= 0.3 is 0 Å². The molecule has 17 heavy (non-hydrogen) atoms. The van der Waals surface area contributed by atoms with Crippen LogP contribution >= 0.6 is 30.3 Å². The van der Waals surface area contributed by atoms with Crippen LogP contribution in [0.2, 0.25) is 10.0 Å². The van der Waals surface area contributed by atoms with Gasteiger partial charge in [0.1, 0.15) is 0 Å². The Bertz CT molecular complexity index is 469. The normalized spacial score (nSPS) is 18.9. The summed E-state index contributed by atoms with van der Waals surface area (Å²) in [5.74, 6) is 0. The molecule has 1 saturated heterocycles. The van der Waals surface area contributed by atoms with E-state index >= 15 is 0 Å². The van der Waals surface area contributed by atoms with Crippen molar-refractivity contribution in [3.63, 3.8) is 0 Å². The predicted octanol–water partition coefficient (Wildman–Crippen LogP) is 4.68. The van der Waals surface area contributed by atoms with Crippen molar-refractivity contribution in [1.82, 2.24) is 0 Å². The molecule has 2 nitrogen and oxygen atoms in total. The van der Waals surface area contributed by atoms with Gasteiger partial charge in [0.05, 0.1) is 15.6 Å². The summed E-state index contributed by atoms with van der Waals surface area (Å²) < 4.78 is 12.6. The first kappa shape index (κ1) is 13.1. The molecule has 0 bridgehead atoms. The summed E-state index contributed by atoms with van der Waals surface area (Å²) in [5.41, 5.74) is -0.103. The minimum Gasteiger partial charge on any atom is -0.315 e. The average molecular weight is 291 g/mol. The minimum atomic E-state index is -2.79. The van der Waals surface area contributed by atoms with Gasteiger partial charge < -0.3 is 4.57 Å². The van der Waals surface area contributed by atoms with Crippen molar-refractivity contribution in [2.24, 2.45) is 0 Å². The SMILES string of the molecule is O=C(c1c(Cl)cccc1Cl)P1(=O)CCCCC1. The van der Waals surface area contributed by atoms with Crippen LogP contribution in [0.15, 0.2) is 18.2 Å². The molecule has 0 aromatic heterocycles. The van der Waals surface area contributed by atoms with Gasteiger partial charge in [-0.1, -0.05) is 35.7 Å². The zero-order chi connectivity index (χ0) is 12.5. The molecule has 0 spiro atoms. The standard InChI is InChI=1S/C12H13Cl2O2P/c13-9-5-4-6-10(14)11(9)12(15)17(16)7-2-1-3-8-17/h4-6H,1-3,7-8H2. The molecule has 1 aromatic rings. The lowest BCUT2D eigenvalue weighted by atomic mass is 10.2. The van der Waals surface area contributed by atoms with Gasteiger partial charge in [-0.2, -0.15) is 0 Å². The van der Waals surface area contributed by atoms with E-state index in [1.165, 1.54) is 0 Å². The van der Waals surface area contributed by atoms with Crippen LogP contribution in [-0.2, 0) is 4.57 Å². The summed E-state index contributed by atoms with van der Waals surface area (Å²) in [6, 6.07) is 4.89. The van der Waals surface area contributed by atoms with Gasteiger partial charge in [-0.3, -0.25) is 4.79 Å². The number of benzene rings is 1. The monoisotopic (exact) mass is 290 g/mol. The molecule has 1 heterocycles. The van der Waals surface area contributed by atoms with E-state index < -0.39 is 7.14 Å². The highest BCUT2D eigenvalue weighted by Gasteiger charge is 2.35. The summed E-state index contributed by atoms with van der Waals surface area (Å²) in [6.07, 6.45) is 3.74. The van der Waals surface area contributed by atoms with Crippen LogP contribution in [0.3, 0.4) is 0 Å². The minimum absolute atomic E-state index is 0.237. The third-order valence-corrected chi connectivity index (χ3v) is 6.76. The van der Waals surface area contributed by atoms with E-state index in [0.717, 1.165) is 19.3 Å². The number of carbonyl (C=O) groups excluding carboxylic acids is 1. The molecular formula is C12H13Cl2O2P. The number of rotatable bonds is 2. The molecule has 92 valence electrons. The Balaban J connectivity index is 2.40. The summed E-state index contributed by atoms with van der Waals surface area (Å²) >= 11 is 12.0. The molecule has 0 unspecified atom stereocenters. The first-order valence-corrected chi connectivity index (χ1v) is 8.45. The number of carbonyl (C=O) groups is 1. The summed E-state index contributed by atoms with van der Waals surface area (Å²) in [6.45, 7) is 0. The van der Waals surface area contributed by atoms with Crippen molar-refractivity contribution in [3.05, 3.63) is 33.8 Å². The van der Waals surface area contributed by atoms with Gasteiger partial charge in [-0.25, -0.2) is 0 Å². The second-order valence-electron chi connectivity index (χ2n) is 4.30. The summed E-state index contributed by atoms with van der Waals surface area (Å²) in [7, 11) is -2.79. The zero-order valence-corrected chi connectivity index (χ0v) is 11.7. The number of halogens is 2. The topological polar surface area (TPSA) is 34.1 Å². The van der Waals surface area contributed by atoms with Crippen molar-refractivity contribution in [2.75, 3.05) is 12.3 Å². The number of hydrogen-bond donors (Lipinski definition) is 0. The highest BCUT2D eigenvalue weighted by Crippen LogP contribution is 2.54. The van der Waals surface area contributed by atoms with E-state index in [0.29, 0.717) is 22.4 Å². The Morgan fingerprint density at radius 3 is 2.12 bits per heavy atom. The Labute approximate surface area is 111 Å². The van der Waals surface area contributed by atoms with E-state index in [1.807, 2.05) is 0 Å². The molecule has 0 atom stereocenters. The highest BCUT2D eigenvalue weighted by molar-refractivity contribution is 7.81. The second kappa shape index (κ2) is 5.14. The molecule has 1 aliphatic heterocycles. The Kier molecular flexibility index (Phi) is 3.97. The summed E-state index contributed by atoms with van der Waals surface area (Å²) in [4.78, 5) is 12.3. The van der Waals surface area contributed by atoms with E-state index in [1.54, 1.807) is 18.2 Å². The zero-order valence-electron chi connectivity index (χ0n) is 9.29. The second-order valence-corrected chi connectivity index (χ2v) is 8.19. The van der Waals surface area contributed by atoms with E-state index in [-0.39, 0.29) is 11.1 Å². The quantitative estimate of drug-likeness (QED) is 0.741. The third kappa shape index (κ3) is 2.59. The smallest absolute Gasteiger partial charge is 0.224 e. The van der Waals surface area contributed by atoms with Crippen LogP contribution in [0.1, 0.15) is 29.6 Å². The van der Waals surface area contributed by atoms with E-state index in [9.17, 15) is 9.36 Å². The lowest BCUT2D eigenvalue weighted by molar-refractivity contribution is 0.107. The van der Waals surface area contributed by atoms with Crippen molar-refractivity contribution >= 4 is 35.9 Å². The maximum Gasteiger partial charge on any atom is 0.224 e.